The summed E-state index contributed by atoms with van der Waals surface area (Å²) in [6.07, 6.45) is 17.9. The summed E-state index contributed by atoms with van der Waals surface area (Å²) < 4.78 is 10.9. The summed E-state index contributed by atoms with van der Waals surface area (Å²) >= 11 is 0. The van der Waals surface area contributed by atoms with Crippen molar-refractivity contribution in [3.05, 3.63) is 5.82 Å². The minimum atomic E-state index is -0.376. The Morgan fingerprint density at radius 3 is 1.80 bits per heavy atom. The molecule has 0 saturated heterocycles. The number of rotatable bonds is 32. The second-order valence-corrected chi connectivity index (χ2v) is 11.0. The summed E-state index contributed by atoms with van der Waals surface area (Å²) in [6, 6.07) is 0. The Balaban J connectivity index is 1.84. The predicted molar refractivity (Wildman–Crippen MR) is 170 cm³/mol. The van der Waals surface area contributed by atoms with Crippen LogP contribution in [-0.4, -0.2) is 114 Å². The van der Waals surface area contributed by atoms with E-state index in [9.17, 15) is 19.2 Å². The van der Waals surface area contributed by atoms with Crippen molar-refractivity contribution in [2.45, 2.75) is 110 Å². The Bertz CT molecular complexity index is 907. The summed E-state index contributed by atoms with van der Waals surface area (Å²) in [6.45, 7) is 4.47. The van der Waals surface area contributed by atoms with E-state index in [1.165, 1.54) is 83.1 Å². The van der Waals surface area contributed by atoms with E-state index < -0.39 is 0 Å². The van der Waals surface area contributed by atoms with Gasteiger partial charge in [0.1, 0.15) is 12.8 Å². The minimum Gasteiger partial charge on any atom is -0.377 e. The number of H-pyrrole nitrogens is 1. The van der Waals surface area contributed by atoms with E-state index in [4.69, 9.17) is 19.1 Å². The van der Waals surface area contributed by atoms with Gasteiger partial charge in [0, 0.05) is 33.2 Å². The lowest BCUT2D eigenvalue weighted by atomic mass is 10.0. The molecule has 264 valence electrons. The molecule has 3 amide bonds. The molecule has 0 saturated carbocycles. The molecule has 0 unspecified atom stereocenters. The molecule has 0 aromatic carbocycles. The van der Waals surface area contributed by atoms with Crippen LogP contribution in [0.4, 0.5) is 0 Å². The number of aromatic nitrogens is 4. The number of carbonyl (C=O) groups excluding carboxylic acids is 4. The molecular formula is C31H57N7O8. The first-order chi connectivity index (χ1) is 22.4. The normalized spacial score (nSPS) is 11.0. The molecule has 2 N–H and O–H groups in total. The van der Waals surface area contributed by atoms with E-state index in [-0.39, 0.29) is 63.8 Å². The van der Waals surface area contributed by atoms with E-state index in [0.29, 0.717) is 25.9 Å². The van der Waals surface area contributed by atoms with Gasteiger partial charge < -0.3 is 19.6 Å². The van der Waals surface area contributed by atoms with Crippen molar-refractivity contribution in [3.8, 4) is 0 Å². The van der Waals surface area contributed by atoms with Crippen LogP contribution in [0.15, 0.2) is 0 Å². The molecule has 0 aliphatic rings. The maximum Gasteiger partial charge on any atom is 0.243 e. The third-order valence-electron chi connectivity index (χ3n) is 7.09. The van der Waals surface area contributed by atoms with Gasteiger partial charge in [0.2, 0.25) is 17.7 Å². The maximum absolute atomic E-state index is 12.0. The van der Waals surface area contributed by atoms with Crippen LogP contribution in [0.1, 0.15) is 110 Å². The highest BCUT2D eigenvalue weighted by molar-refractivity contribution is 5.75. The Kier molecular flexibility index (Phi) is 26.2. The third kappa shape index (κ3) is 24.3. The van der Waals surface area contributed by atoms with Crippen LogP contribution in [0.3, 0.4) is 0 Å². The largest absolute Gasteiger partial charge is 0.377 e. The second-order valence-electron chi connectivity index (χ2n) is 11.0. The van der Waals surface area contributed by atoms with Crippen LogP contribution < -0.4 is 5.32 Å². The molecular weight excluding hydrogens is 598 g/mol. The topological polar surface area (TPSA) is 178 Å². The Morgan fingerprint density at radius 1 is 0.717 bits per heavy atom. The number of aryl methyl sites for hydroxylation is 1. The van der Waals surface area contributed by atoms with Gasteiger partial charge in [0.15, 0.2) is 5.82 Å². The van der Waals surface area contributed by atoms with Crippen LogP contribution in [0.5, 0.6) is 0 Å². The second kappa shape index (κ2) is 29.4. The van der Waals surface area contributed by atoms with E-state index >= 15 is 0 Å². The van der Waals surface area contributed by atoms with E-state index in [0.717, 1.165) is 36.6 Å². The number of carbonyl (C=O) groups is 4. The third-order valence-corrected chi connectivity index (χ3v) is 7.09. The lowest BCUT2D eigenvalue weighted by molar-refractivity contribution is -0.196. The smallest absolute Gasteiger partial charge is 0.243 e. The molecule has 46 heavy (non-hydrogen) atoms. The number of aldehydes is 1. The van der Waals surface area contributed by atoms with Gasteiger partial charge in [0.05, 0.1) is 46.2 Å². The van der Waals surface area contributed by atoms with Gasteiger partial charge in [-0.1, -0.05) is 75.8 Å². The average Bonchev–Trinajstić information content (AvgIpc) is 3.55. The standard InChI is InChI=1S/C31H57N7O8/c1-28(40)37(19-21-39)45-27-25-44-23-20-38(29(2)41)46-26-24-43-22-18-32-31(42)17-15-13-11-9-7-5-3-4-6-8-10-12-14-16-30-33-35-36-34-30/h21H,3-20,22-27H2,1-2H3,(H,32,42)(H,33,34,35,36). The van der Waals surface area contributed by atoms with E-state index in [2.05, 4.69) is 25.9 Å². The monoisotopic (exact) mass is 655 g/mol. The Hall–Kier alpha value is -3.01. The summed E-state index contributed by atoms with van der Waals surface area (Å²) in [5.41, 5.74) is 0. The van der Waals surface area contributed by atoms with Crippen molar-refractivity contribution in [2.24, 2.45) is 0 Å². The van der Waals surface area contributed by atoms with Crippen LogP contribution in [0, 0.1) is 0 Å². The number of hydrogen-bond acceptors (Lipinski definition) is 11. The summed E-state index contributed by atoms with van der Waals surface area (Å²) in [5.74, 6) is 0.206. The predicted octanol–water partition coefficient (Wildman–Crippen LogP) is 3.11. The van der Waals surface area contributed by atoms with Gasteiger partial charge in [-0.3, -0.25) is 24.1 Å². The van der Waals surface area contributed by atoms with E-state index in [1.54, 1.807) is 0 Å². The number of aromatic amines is 1. The van der Waals surface area contributed by atoms with Crippen LogP contribution in [0.25, 0.3) is 0 Å². The SMILES string of the molecule is CC(=O)N(CC=O)OCCOCCN(OCCOCCNC(=O)CCCCCCCCCCCCCCCc1nn[nH]n1)C(C)=O. The molecule has 0 aliphatic carbocycles. The Labute approximate surface area is 273 Å². The number of unbranched alkanes of at least 4 members (excludes halogenated alkanes) is 12. The molecule has 1 aromatic rings. The van der Waals surface area contributed by atoms with Crippen molar-refractivity contribution in [2.75, 3.05) is 59.3 Å². The summed E-state index contributed by atoms with van der Waals surface area (Å²) in [5, 5.41) is 19.0. The van der Waals surface area contributed by atoms with Crippen LogP contribution in [0.2, 0.25) is 0 Å². The number of tetrazole rings is 1. The zero-order valence-corrected chi connectivity index (χ0v) is 28.0. The molecule has 0 spiro atoms. The number of hydroxylamine groups is 4. The molecule has 0 bridgehead atoms. The highest BCUT2D eigenvalue weighted by Gasteiger charge is 2.11. The number of ether oxygens (including phenoxy) is 2. The fraction of sp³-hybridized carbons (Fsp3) is 0.839. The summed E-state index contributed by atoms with van der Waals surface area (Å²) in [4.78, 5) is 56.2. The first-order valence-corrected chi connectivity index (χ1v) is 16.8. The van der Waals surface area contributed by atoms with Gasteiger partial charge in [-0.15, -0.1) is 10.2 Å². The first kappa shape index (κ1) is 41.0. The average molecular weight is 656 g/mol. The van der Waals surface area contributed by atoms with E-state index in [1.807, 2.05) is 0 Å². The molecule has 1 aromatic heterocycles. The quantitative estimate of drug-likeness (QED) is 0.0662. The van der Waals surface area contributed by atoms with Gasteiger partial charge in [0.25, 0.3) is 0 Å². The summed E-state index contributed by atoms with van der Waals surface area (Å²) in [7, 11) is 0. The van der Waals surface area contributed by atoms with Gasteiger partial charge in [-0.2, -0.15) is 5.21 Å². The van der Waals surface area contributed by atoms with Gasteiger partial charge in [-0.25, -0.2) is 10.1 Å². The molecule has 0 fully saturated rings. The van der Waals surface area contributed by atoms with Gasteiger partial charge >= 0.3 is 0 Å². The Morgan fingerprint density at radius 2 is 1.26 bits per heavy atom. The first-order valence-electron chi connectivity index (χ1n) is 16.8. The lowest BCUT2D eigenvalue weighted by Crippen LogP contribution is -2.34. The molecule has 0 radical (unpaired) electrons. The van der Waals surface area contributed by atoms with Crippen molar-refractivity contribution >= 4 is 24.0 Å². The zero-order chi connectivity index (χ0) is 33.5. The number of nitrogens with one attached hydrogen (secondary N) is 2. The number of amides is 3. The maximum atomic E-state index is 12.0. The highest BCUT2D eigenvalue weighted by Crippen LogP contribution is 2.13. The van der Waals surface area contributed by atoms with Crippen molar-refractivity contribution < 1.29 is 38.3 Å². The van der Waals surface area contributed by atoms with Crippen molar-refractivity contribution in [1.29, 1.82) is 0 Å². The zero-order valence-electron chi connectivity index (χ0n) is 28.0. The van der Waals surface area contributed by atoms with Gasteiger partial charge in [-0.05, 0) is 12.8 Å². The number of hydrogen-bond donors (Lipinski definition) is 2. The molecule has 1 rings (SSSR count). The number of nitrogens with zero attached hydrogens (tertiary/aromatic N) is 5. The molecule has 0 aliphatic heterocycles. The fourth-order valence-electron chi connectivity index (χ4n) is 4.57. The molecule has 1 heterocycles. The van der Waals surface area contributed by atoms with Crippen LogP contribution in [-0.2, 0) is 44.7 Å². The lowest BCUT2D eigenvalue weighted by Gasteiger charge is -2.21. The van der Waals surface area contributed by atoms with Crippen molar-refractivity contribution in [3.63, 3.8) is 0 Å². The minimum absolute atomic E-state index is 0.0422. The molecule has 15 nitrogen and oxygen atoms in total. The molecule has 15 heteroatoms. The highest BCUT2D eigenvalue weighted by atomic mass is 16.7. The van der Waals surface area contributed by atoms with Crippen molar-refractivity contribution in [1.82, 2.24) is 36.1 Å². The molecule has 0 atom stereocenters. The fourth-order valence-corrected chi connectivity index (χ4v) is 4.57. The van der Waals surface area contributed by atoms with Crippen LogP contribution >= 0.6 is 0 Å².